The van der Waals surface area contributed by atoms with Gasteiger partial charge in [0, 0.05) is 12.5 Å². The molecule has 9 nitrogen and oxygen atoms in total. The smallest absolute Gasteiger partial charge is 0.322 e. The molecule has 36 heavy (non-hydrogen) atoms. The number of carbonyl (C=O) groups excluding carboxylic acids is 1. The van der Waals surface area contributed by atoms with Gasteiger partial charge in [0.2, 0.25) is 0 Å². The van der Waals surface area contributed by atoms with Gasteiger partial charge in [-0.05, 0) is 61.9 Å². The van der Waals surface area contributed by atoms with Gasteiger partial charge in [-0.1, -0.05) is 42.5 Å². The van der Waals surface area contributed by atoms with Crippen molar-refractivity contribution in [3.63, 3.8) is 0 Å². The predicted octanol–water partition coefficient (Wildman–Crippen LogP) is 2.46. The second-order valence-electron chi connectivity index (χ2n) is 9.36. The summed E-state index contributed by atoms with van der Waals surface area (Å²) in [6.45, 7) is 3.02. The zero-order chi connectivity index (χ0) is 25.7. The third kappa shape index (κ3) is 6.16. The minimum atomic E-state index is -1.17. The molecule has 1 aliphatic carbocycles. The Hall–Kier alpha value is -3.56. The van der Waals surface area contributed by atoms with Gasteiger partial charge in [0.05, 0.1) is 12.3 Å². The van der Waals surface area contributed by atoms with Crippen LogP contribution in [0.4, 0.5) is 0 Å². The second kappa shape index (κ2) is 11.5. The number of nitrogens with one attached hydrogen (secondary N) is 1. The van der Waals surface area contributed by atoms with Crippen LogP contribution >= 0.6 is 0 Å². The molecule has 9 heteroatoms. The lowest BCUT2D eigenvalue weighted by molar-refractivity contribution is -0.135. The number of aromatic nitrogens is 2. The lowest BCUT2D eigenvalue weighted by atomic mass is 9.90. The number of carboxylic acid groups (broad SMARTS) is 1. The highest BCUT2D eigenvalue weighted by Crippen LogP contribution is 2.28. The van der Waals surface area contributed by atoms with Crippen LogP contribution in [-0.2, 0) is 17.8 Å². The summed E-state index contributed by atoms with van der Waals surface area (Å²) in [5, 5.41) is 30.4. The van der Waals surface area contributed by atoms with Crippen molar-refractivity contribution >= 4 is 17.4 Å². The summed E-state index contributed by atoms with van der Waals surface area (Å²) >= 11 is 0. The van der Waals surface area contributed by atoms with E-state index in [4.69, 9.17) is 5.11 Å². The molecule has 1 aliphatic heterocycles. The summed E-state index contributed by atoms with van der Waals surface area (Å²) in [4.78, 5) is 34.1. The lowest BCUT2D eigenvalue weighted by Gasteiger charge is -2.37. The Morgan fingerprint density at radius 1 is 1.14 bits per heavy atom. The molecule has 190 valence electrons. The summed E-state index contributed by atoms with van der Waals surface area (Å²) in [7, 11) is 0. The molecular weight excluding hydrogens is 460 g/mol. The fraction of sp³-hybridized carbons (Fsp3) is 0.407. The van der Waals surface area contributed by atoms with Crippen molar-refractivity contribution < 1.29 is 24.9 Å². The summed E-state index contributed by atoms with van der Waals surface area (Å²) in [5.74, 6) is -1.36. The van der Waals surface area contributed by atoms with Crippen LogP contribution in [0.2, 0.25) is 0 Å². The van der Waals surface area contributed by atoms with Crippen molar-refractivity contribution in [3.8, 4) is 5.75 Å². The van der Waals surface area contributed by atoms with E-state index >= 15 is 0 Å². The Kier molecular flexibility index (Phi) is 8.12. The third-order valence-corrected chi connectivity index (χ3v) is 6.86. The van der Waals surface area contributed by atoms with Crippen molar-refractivity contribution in [1.82, 2.24) is 20.2 Å². The maximum atomic E-state index is 12.3. The van der Waals surface area contributed by atoms with Gasteiger partial charge >= 0.3 is 5.97 Å². The van der Waals surface area contributed by atoms with E-state index < -0.39 is 18.4 Å². The molecule has 0 bridgehead atoms. The van der Waals surface area contributed by atoms with E-state index in [-0.39, 0.29) is 18.1 Å². The standard InChI is InChI=1S/C27H32N4O5/c1-17-26(35)25(27(36)28-15-24(33)34)30-23(29-17)14-18-10-12-31(13-11-18)22-8-6-21(7-9-22)20-4-2-19(16-32)3-5-20/h2-8,18,22,32,35H,9-16H2,1H3,(H,28,36)(H,33,34). The lowest BCUT2D eigenvalue weighted by Crippen LogP contribution is -2.41. The molecule has 1 aromatic carbocycles. The first-order valence-corrected chi connectivity index (χ1v) is 12.2. The van der Waals surface area contributed by atoms with Crippen LogP contribution in [0.5, 0.6) is 5.75 Å². The molecule has 2 aliphatic rings. The monoisotopic (exact) mass is 492 g/mol. The van der Waals surface area contributed by atoms with Crippen molar-refractivity contribution in [1.29, 1.82) is 0 Å². The highest BCUT2D eigenvalue weighted by atomic mass is 16.4. The van der Waals surface area contributed by atoms with E-state index in [2.05, 4.69) is 38.4 Å². The normalized spacial score (nSPS) is 18.6. The second-order valence-corrected chi connectivity index (χ2v) is 9.36. The van der Waals surface area contributed by atoms with E-state index in [0.717, 1.165) is 43.5 Å². The van der Waals surface area contributed by atoms with Gasteiger partial charge in [-0.25, -0.2) is 9.97 Å². The third-order valence-electron chi connectivity index (χ3n) is 6.86. The number of hydrogen-bond acceptors (Lipinski definition) is 7. The molecule has 1 fully saturated rings. The maximum absolute atomic E-state index is 12.3. The summed E-state index contributed by atoms with van der Waals surface area (Å²) in [6, 6.07) is 8.35. The maximum Gasteiger partial charge on any atom is 0.322 e. The molecule has 1 unspecified atom stereocenters. The SMILES string of the molecule is Cc1nc(CC2CCN(C3C=CC(c4ccc(CO)cc4)=CC3)CC2)nc(C(=O)NCC(=O)O)c1O. The van der Waals surface area contributed by atoms with Crippen molar-refractivity contribution in [2.45, 2.75) is 45.3 Å². The number of rotatable bonds is 8. The number of nitrogens with zero attached hydrogens (tertiary/aromatic N) is 3. The van der Waals surface area contributed by atoms with Gasteiger partial charge in [0.1, 0.15) is 12.4 Å². The number of likely N-dealkylation sites (tertiary alicyclic amines) is 1. The van der Waals surface area contributed by atoms with Crippen molar-refractivity contribution in [2.24, 2.45) is 5.92 Å². The van der Waals surface area contributed by atoms with Gasteiger partial charge in [0.25, 0.3) is 5.91 Å². The van der Waals surface area contributed by atoms with E-state index in [1.54, 1.807) is 6.92 Å². The Morgan fingerprint density at radius 2 is 1.86 bits per heavy atom. The van der Waals surface area contributed by atoms with E-state index in [0.29, 0.717) is 29.9 Å². The molecule has 4 rings (SSSR count). The van der Waals surface area contributed by atoms with E-state index in [1.165, 1.54) is 5.57 Å². The average Bonchev–Trinajstić information content (AvgIpc) is 2.90. The summed E-state index contributed by atoms with van der Waals surface area (Å²) in [6.07, 6.45) is 10.2. The van der Waals surface area contributed by atoms with Gasteiger partial charge < -0.3 is 20.6 Å². The number of carboxylic acids is 1. The van der Waals surface area contributed by atoms with Crippen LogP contribution < -0.4 is 5.32 Å². The quantitative estimate of drug-likeness (QED) is 0.441. The first kappa shape index (κ1) is 25.5. The number of aliphatic carboxylic acids is 1. The topological polar surface area (TPSA) is 136 Å². The number of carbonyl (C=O) groups is 2. The Bertz CT molecular complexity index is 1170. The van der Waals surface area contributed by atoms with Crippen LogP contribution in [0, 0.1) is 12.8 Å². The van der Waals surface area contributed by atoms with E-state index in [9.17, 15) is 19.8 Å². The molecule has 0 spiro atoms. The summed E-state index contributed by atoms with van der Waals surface area (Å²) in [5.41, 5.74) is 3.39. The fourth-order valence-electron chi connectivity index (χ4n) is 4.76. The van der Waals surface area contributed by atoms with Crippen molar-refractivity contribution in [3.05, 3.63) is 70.8 Å². The molecular formula is C27H32N4O5. The number of amides is 1. The van der Waals surface area contributed by atoms with Crippen molar-refractivity contribution in [2.75, 3.05) is 19.6 Å². The van der Waals surface area contributed by atoms with E-state index in [1.807, 2.05) is 24.3 Å². The van der Waals surface area contributed by atoms with Crippen LogP contribution in [0.3, 0.4) is 0 Å². The molecule has 4 N–H and O–H groups in total. The number of aliphatic hydroxyl groups excluding tert-OH is 1. The van der Waals surface area contributed by atoms with Crippen LogP contribution in [-0.4, -0.2) is 67.7 Å². The molecule has 2 heterocycles. The molecule has 1 aromatic heterocycles. The number of allylic oxidation sites excluding steroid dienone is 2. The molecule has 1 atom stereocenters. The number of aryl methyl sites for hydroxylation is 1. The zero-order valence-corrected chi connectivity index (χ0v) is 20.4. The van der Waals surface area contributed by atoms with Crippen LogP contribution in [0.1, 0.15) is 52.4 Å². The summed E-state index contributed by atoms with van der Waals surface area (Å²) < 4.78 is 0. The molecule has 2 aromatic rings. The Labute approximate surface area is 210 Å². The van der Waals surface area contributed by atoms with Crippen LogP contribution in [0.25, 0.3) is 5.57 Å². The first-order valence-electron chi connectivity index (χ1n) is 12.2. The fourth-order valence-corrected chi connectivity index (χ4v) is 4.76. The first-order chi connectivity index (χ1) is 17.3. The largest absolute Gasteiger partial charge is 0.504 e. The highest BCUT2D eigenvalue weighted by Gasteiger charge is 2.26. The predicted molar refractivity (Wildman–Crippen MR) is 134 cm³/mol. The van der Waals surface area contributed by atoms with Gasteiger partial charge in [0.15, 0.2) is 11.4 Å². The number of benzene rings is 1. The highest BCUT2D eigenvalue weighted by molar-refractivity contribution is 5.96. The number of hydrogen-bond donors (Lipinski definition) is 4. The Morgan fingerprint density at radius 3 is 2.47 bits per heavy atom. The number of aliphatic hydroxyl groups is 1. The number of aromatic hydroxyl groups is 1. The molecule has 0 saturated carbocycles. The molecule has 0 radical (unpaired) electrons. The molecule has 1 amide bonds. The molecule has 1 saturated heterocycles. The minimum Gasteiger partial charge on any atom is -0.504 e. The van der Waals surface area contributed by atoms with Gasteiger partial charge in [-0.3, -0.25) is 14.5 Å². The average molecular weight is 493 g/mol. The van der Waals surface area contributed by atoms with Gasteiger partial charge in [-0.2, -0.15) is 0 Å². The minimum absolute atomic E-state index is 0.0506. The Balaban J connectivity index is 1.31. The number of piperidine rings is 1. The van der Waals surface area contributed by atoms with Crippen LogP contribution in [0.15, 0.2) is 42.5 Å². The van der Waals surface area contributed by atoms with Gasteiger partial charge in [-0.15, -0.1) is 0 Å². The zero-order valence-electron chi connectivity index (χ0n) is 20.4.